The molecule has 0 saturated heterocycles. The summed E-state index contributed by atoms with van der Waals surface area (Å²) in [7, 11) is -3.13. The molecule has 0 bridgehead atoms. The van der Waals surface area contributed by atoms with Crippen LogP contribution in [0.4, 0.5) is 0 Å². The molecule has 2 fully saturated rings. The van der Waals surface area contributed by atoms with Gasteiger partial charge in [0.2, 0.25) is 0 Å². The number of halogens is 1. The van der Waals surface area contributed by atoms with Crippen LogP contribution in [0.2, 0.25) is 0 Å². The van der Waals surface area contributed by atoms with Crippen molar-refractivity contribution in [3.05, 3.63) is 29.8 Å². The first kappa shape index (κ1) is 22.5. The third kappa shape index (κ3) is 7.25. The van der Waals surface area contributed by atoms with E-state index in [9.17, 15) is 8.42 Å². The molecule has 1 aromatic rings. The van der Waals surface area contributed by atoms with Gasteiger partial charge in [-0.25, -0.2) is 8.42 Å². The molecule has 2 aliphatic carbocycles. The van der Waals surface area contributed by atoms with Crippen LogP contribution < -0.4 is 10.6 Å². The van der Waals surface area contributed by atoms with E-state index in [0.29, 0.717) is 4.90 Å². The van der Waals surface area contributed by atoms with Crippen molar-refractivity contribution in [2.45, 2.75) is 43.9 Å². The van der Waals surface area contributed by atoms with E-state index in [-0.39, 0.29) is 24.0 Å². The van der Waals surface area contributed by atoms with Crippen LogP contribution in [0.15, 0.2) is 34.2 Å². The third-order valence-corrected chi connectivity index (χ3v) is 6.45. The van der Waals surface area contributed by atoms with Crippen molar-refractivity contribution in [1.82, 2.24) is 10.6 Å². The van der Waals surface area contributed by atoms with E-state index in [1.807, 2.05) is 12.1 Å². The largest absolute Gasteiger partial charge is 0.357 e. The quantitative estimate of drug-likeness (QED) is 0.307. The normalized spacial score (nSPS) is 17.5. The molecular formula is C20H32IN3O2S. The molecule has 27 heavy (non-hydrogen) atoms. The van der Waals surface area contributed by atoms with Crippen LogP contribution in [0.25, 0.3) is 0 Å². The van der Waals surface area contributed by atoms with Gasteiger partial charge in [-0.1, -0.05) is 12.1 Å². The number of hydrogen-bond acceptors (Lipinski definition) is 3. The van der Waals surface area contributed by atoms with E-state index in [1.165, 1.54) is 31.9 Å². The van der Waals surface area contributed by atoms with Gasteiger partial charge in [-0.05, 0) is 74.5 Å². The number of aliphatic imine (C=N–C) groups is 1. The summed E-state index contributed by atoms with van der Waals surface area (Å²) >= 11 is 0. The average Bonchev–Trinajstić information content (AvgIpc) is 3.48. The zero-order valence-corrected chi connectivity index (χ0v) is 19.4. The third-order valence-electron chi connectivity index (χ3n) is 5.32. The van der Waals surface area contributed by atoms with Gasteiger partial charge >= 0.3 is 0 Å². The summed E-state index contributed by atoms with van der Waals surface area (Å²) in [5.74, 6) is 3.52. The smallest absolute Gasteiger partial charge is 0.191 e. The number of benzene rings is 1. The minimum Gasteiger partial charge on any atom is -0.357 e. The Balaban J connectivity index is 0.00000261. The van der Waals surface area contributed by atoms with E-state index in [1.54, 1.807) is 12.1 Å². The van der Waals surface area contributed by atoms with Crippen LogP contribution in [0.1, 0.15) is 38.2 Å². The highest BCUT2D eigenvalue weighted by Gasteiger charge is 2.41. The number of hydrogen-bond donors (Lipinski definition) is 2. The number of rotatable bonds is 9. The van der Waals surface area contributed by atoms with E-state index in [0.717, 1.165) is 55.3 Å². The number of nitrogens with zero attached hydrogens (tertiary/aromatic N) is 1. The molecule has 3 rings (SSSR count). The molecule has 0 spiro atoms. The minimum atomic E-state index is -3.13. The summed E-state index contributed by atoms with van der Waals surface area (Å²) in [6, 6.07) is 7.14. The molecule has 2 aliphatic rings. The lowest BCUT2D eigenvalue weighted by molar-refractivity contribution is 0.417. The highest BCUT2D eigenvalue weighted by molar-refractivity contribution is 14.0. The average molecular weight is 505 g/mol. The predicted molar refractivity (Wildman–Crippen MR) is 122 cm³/mol. The molecule has 152 valence electrons. The fourth-order valence-corrected chi connectivity index (χ4v) is 4.13. The molecular weight excluding hydrogens is 473 g/mol. The second-order valence-corrected chi connectivity index (χ2v) is 9.67. The summed E-state index contributed by atoms with van der Waals surface area (Å²) in [5, 5.41) is 6.74. The van der Waals surface area contributed by atoms with Crippen molar-refractivity contribution in [2.75, 3.05) is 25.9 Å². The van der Waals surface area contributed by atoms with Gasteiger partial charge in [-0.15, -0.1) is 24.0 Å². The van der Waals surface area contributed by atoms with E-state index in [4.69, 9.17) is 4.99 Å². The molecule has 1 aromatic carbocycles. The van der Waals surface area contributed by atoms with Crippen LogP contribution >= 0.6 is 24.0 Å². The maximum Gasteiger partial charge on any atom is 0.191 e. The molecule has 0 atom stereocenters. The first-order chi connectivity index (χ1) is 12.5. The molecule has 2 N–H and O–H groups in total. The molecule has 0 aromatic heterocycles. The summed E-state index contributed by atoms with van der Waals surface area (Å²) in [5.41, 5.74) is 1.12. The Hall–Kier alpha value is -0.830. The Kier molecular flexibility index (Phi) is 8.39. The highest BCUT2D eigenvalue weighted by atomic mass is 127. The molecule has 5 nitrogen and oxygen atoms in total. The maximum absolute atomic E-state index is 11.5. The Labute approximate surface area is 180 Å². The fourth-order valence-electron chi connectivity index (χ4n) is 3.50. The van der Waals surface area contributed by atoms with Gasteiger partial charge < -0.3 is 10.6 Å². The molecule has 0 aliphatic heterocycles. The predicted octanol–water partition coefficient (Wildman–Crippen LogP) is 3.24. The number of nitrogens with one attached hydrogen (secondary N) is 2. The number of guanidine groups is 1. The highest BCUT2D eigenvalue weighted by Crippen LogP contribution is 2.49. The zero-order chi connectivity index (χ0) is 18.6. The Bertz CT molecular complexity index is 714. The first-order valence-corrected chi connectivity index (χ1v) is 11.7. The van der Waals surface area contributed by atoms with Crippen molar-refractivity contribution in [3.63, 3.8) is 0 Å². The Morgan fingerprint density at radius 1 is 1.11 bits per heavy atom. The molecule has 0 unspecified atom stereocenters. The van der Waals surface area contributed by atoms with Gasteiger partial charge in [0.05, 0.1) is 4.90 Å². The van der Waals surface area contributed by atoms with E-state index in [2.05, 4.69) is 17.6 Å². The summed E-state index contributed by atoms with van der Waals surface area (Å²) in [4.78, 5) is 5.20. The molecule has 0 radical (unpaired) electrons. The second kappa shape index (κ2) is 10.1. The van der Waals surface area contributed by atoms with Gasteiger partial charge in [0.25, 0.3) is 0 Å². The minimum absolute atomic E-state index is 0. The zero-order valence-electron chi connectivity index (χ0n) is 16.3. The second-order valence-electron chi connectivity index (χ2n) is 7.65. The monoisotopic (exact) mass is 505 g/mol. The van der Waals surface area contributed by atoms with Crippen LogP contribution in [-0.2, 0) is 16.3 Å². The van der Waals surface area contributed by atoms with Crippen molar-refractivity contribution in [3.8, 4) is 0 Å². The Morgan fingerprint density at radius 3 is 2.19 bits per heavy atom. The van der Waals surface area contributed by atoms with Crippen LogP contribution in [0.5, 0.6) is 0 Å². The van der Waals surface area contributed by atoms with Crippen molar-refractivity contribution in [1.29, 1.82) is 0 Å². The summed E-state index contributed by atoms with van der Waals surface area (Å²) in [6.45, 7) is 4.65. The molecule has 7 heteroatoms. The Morgan fingerprint density at radius 2 is 1.70 bits per heavy atom. The van der Waals surface area contributed by atoms with E-state index >= 15 is 0 Å². The van der Waals surface area contributed by atoms with E-state index < -0.39 is 9.84 Å². The number of sulfone groups is 1. The van der Waals surface area contributed by atoms with Crippen LogP contribution in [-0.4, -0.2) is 40.3 Å². The topological polar surface area (TPSA) is 70.6 Å². The lowest BCUT2D eigenvalue weighted by Gasteiger charge is -2.15. The first-order valence-electron chi connectivity index (χ1n) is 9.78. The van der Waals surface area contributed by atoms with Gasteiger partial charge in [0.15, 0.2) is 15.8 Å². The van der Waals surface area contributed by atoms with Crippen LogP contribution in [0, 0.1) is 17.8 Å². The van der Waals surface area contributed by atoms with Crippen molar-refractivity contribution in [2.24, 2.45) is 22.7 Å². The molecule has 2 saturated carbocycles. The van der Waals surface area contributed by atoms with Crippen molar-refractivity contribution < 1.29 is 8.42 Å². The maximum atomic E-state index is 11.5. The van der Waals surface area contributed by atoms with Gasteiger partial charge in [-0.2, -0.15) is 0 Å². The summed E-state index contributed by atoms with van der Waals surface area (Å²) in [6.07, 6.45) is 7.64. The summed E-state index contributed by atoms with van der Waals surface area (Å²) < 4.78 is 23.0. The van der Waals surface area contributed by atoms with Gasteiger partial charge in [-0.3, -0.25) is 4.99 Å². The van der Waals surface area contributed by atoms with Gasteiger partial charge in [0, 0.05) is 25.9 Å². The standard InChI is InChI=1S/C20H31N3O2S.HI/c1-3-21-20(23-14-19(16-6-7-16)17-8-9-17)22-13-12-15-4-10-18(11-5-15)26(2,24)25;/h4-5,10-11,16-17,19H,3,6-9,12-14H2,1-2H3,(H2,21,22,23);1H. The van der Waals surface area contributed by atoms with Gasteiger partial charge in [0.1, 0.15) is 0 Å². The molecule has 0 amide bonds. The lowest BCUT2D eigenvalue weighted by Crippen LogP contribution is -2.38. The lowest BCUT2D eigenvalue weighted by atomic mass is 9.98. The SMILES string of the molecule is CCNC(=NCC(C1CC1)C1CC1)NCCc1ccc(S(C)(=O)=O)cc1.I. The van der Waals surface area contributed by atoms with Crippen LogP contribution in [0.3, 0.4) is 0 Å². The van der Waals surface area contributed by atoms with Crippen molar-refractivity contribution >= 4 is 39.8 Å². The molecule has 0 heterocycles. The fraction of sp³-hybridized carbons (Fsp3) is 0.650.